The minimum atomic E-state index is -0.844. The van der Waals surface area contributed by atoms with Gasteiger partial charge in [0.05, 0.1) is 30.1 Å². The van der Waals surface area contributed by atoms with Gasteiger partial charge >= 0.3 is 0 Å². The lowest BCUT2D eigenvalue weighted by Crippen LogP contribution is -2.52. The zero-order valence-electron chi connectivity index (χ0n) is 29.7. The Hall–Kier alpha value is -5.13. The third-order valence-electron chi connectivity index (χ3n) is 8.60. The number of amides is 3. The van der Waals surface area contributed by atoms with E-state index >= 15 is 0 Å². The molecule has 1 aliphatic heterocycles. The van der Waals surface area contributed by atoms with Crippen molar-refractivity contribution in [3.8, 4) is 23.0 Å². The molecule has 274 valence electrons. The molecule has 0 saturated heterocycles. The van der Waals surface area contributed by atoms with Gasteiger partial charge < -0.3 is 30.2 Å². The maximum absolute atomic E-state index is 14.2. The quantitative estimate of drug-likeness (QED) is 0.189. The van der Waals surface area contributed by atoms with Crippen molar-refractivity contribution < 1.29 is 33.0 Å². The number of carbonyl (C=O) groups is 3. The van der Waals surface area contributed by atoms with Crippen molar-refractivity contribution >= 4 is 29.3 Å². The SMILES string of the molecule is CC(C)[C@H]1COc2ccccc2C(=O)NCc2cccc(c2)CN(C)[C@H](C(=O)N[C@H](C)COc2ccc(F)cc2Oc2cccc(Cl)c2)CC(=O)N1. The van der Waals surface area contributed by atoms with E-state index in [0.717, 1.165) is 11.1 Å². The van der Waals surface area contributed by atoms with Gasteiger partial charge in [0.2, 0.25) is 11.8 Å². The first-order chi connectivity index (χ1) is 24.9. The molecule has 1 heterocycles. The Bertz CT molecular complexity index is 1870. The molecule has 10 nitrogen and oxygen atoms in total. The number of nitrogens with one attached hydrogen (secondary N) is 3. The van der Waals surface area contributed by atoms with E-state index in [9.17, 15) is 18.8 Å². The second kappa shape index (κ2) is 17.9. The van der Waals surface area contributed by atoms with Gasteiger partial charge in [0.15, 0.2) is 11.5 Å². The highest BCUT2D eigenvalue weighted by Crippen LogP contribution is 2.33. The lowest BCUT2D eigenvalue weighted by Gasteiger charge is -2.30. The first-order valence-electron chi connectivity index (χ1n) is 17.2. The predicted molar refractivity (Wildman–Crippen MR) is 197 cm³/mol. The monoisotopic (exact) mass is 730 g/mol. The molecule has 3 amide bonds. The minimum absolute atomic E-state index is 0.00474. The van der Waals surface area contributed by atoms with Crippen LogP contribution in [0.15, 0.2) is 91.0 Å². The molecule has 4 aromatic carbocycles. The Morgan fingerprint density at radius 3 is 2.54 bits per heavy atom. The van der Waals surface area contributed by atoms with Crippen LogP contribution in [0.1, 0.15) is 48.7 Å². The lowest BCUT2D eigenvalue weighted by atomic mass is 10.0. The van der Waals surface area contributed by atoms with Gasteiger partial charge in [0.25, 0.3) is 5.91 Å². The van der Waals surface area contributed by atoms with Gasteiger partial charge in [-0.05, 0) is 73.5 Å². The van der Waals surface area contributed by atoms with E-state index in [0.29, 0.717) is 35.2 Å². The van der Waals surface area contributed by atoms with Crippen molar-refractivity contribution in [2.24, 2.45) is 5.92 Å². The van der Waals surface area contributed by atoms with Crippen LogP contribution in [0.3, 0.4) is 0 Å². The van der Waals surface area contributed by atoms with Crippen LogP contribution in [0.25, 0.3) is 0 Å². The molecule has 3 N–H and O–H groups in total. The van der Waals surface area contributed by atoms with Crippen LogP contribution in [-0.2, 0) is 22.7 Å². The zero-order chi connectivity index (χ0) is 37.2. The molecule has 52 heavy (non-hydrogen) atoms. The number of halogens is 2. The fourth-order valence-electron chi connectivity index (χ4n) is 5.70. The predicted octanol–water partition coefficient (Wildman–Crippen LogP) is 6.51. The minimum Gasteiger partial charge on any atom is -0.491 e. The Kier molecular flexibility index (Phi) is 13.1. The summed E-state index contributed by atoms with van der Waals surface area (Å²) in [4.78, 5) is 42.5. The molecular formula is C40H44ClFN4O6. The van der Waals surface area contributed by atoms with Crippen LogP contribution in [0.4, 0.5) is 4.39 Å². The number of fused-ring (bicyclic) bond motifs is 3. The van der Waals surface area contributed by atoms with Crippen LogP contribution < -0.4 is 30.2 Å². The molecule has 2 bridgehead atoms. The summed E-state index contributed by atoms with van der Waals surface area (Å²) in [6, 6.07) is 23.6. The summed E-state index contributed by atoms with van der Waals surface area (Å²) in [5, 5.41) is 9.48. The summed E-state index contributed by atoms with van der Waals surface area (Å²) in [5.41, 5.74) is 2.18. The normalized spacial score (nSPS) is 17.8. The van der Waals surface area contributed by atoms with Crippen molar-refractivity contribution in [3.05, 3.63) is 119 Å². The third-order valence-corrected chi connectivity index (χ3v) is 8.83. The topological polar surface area (TPSA) is 118 Å². The number of ether oxygens (including phenoxy) is 3. The average Bonchev–Trinajstić information content (AvgIpc) is 3.10. The molecule has 0 aliphatic carbocycles. The molecule has 0 saturated carbocycles. The Morgan fingerprint density at radius 1 is 0.981 bits per heavy atom. The second-order valence-corrected chi connectivity index (χ2v) is 13.7. The molecule has 0 radical (unpaired) electrons. The maximum Gasteiger partial charge on any atom is 0.255 e. The Labute approximate surface area is 308 Å². The van der Waals surface area contributed by atoms with Gasteiger partial charge in [-0.3, -0.25) is 19.3 Å². The van der Waals surface area contributed by atoms with E-state index in [2.05, 4.69) is 16.0 Å². The highest BCUT2D eigenvalue weighted by atomic mass is 35.5. The van der Waals surface area contributed by atoms with Gasteiger partial charge in [-0.1, -0.05) is 67.9 Å². The number of carbonyl (C=O) groups excluding carboxylic acids is 3. The molecule has 0 unspecified atom stereocenters. The van der Waals surface area contributed by atoms with Crippen LogP contribution in [0.5, 0.6) is 23.0 Å². The Morgan fingerprint density at radius 2 is 1.75 bits per heavy atom. The van der Waals surface area contributed by atoms with Gasteiger partial charge in [-0.2, -0.15) is 0 Å². The van der Waals surface area contributed by atoms with E-state index < -0.39 is 23.9 Å². The summed E-state index contributed by atoms with van der Waals surface area (Å²) < 4.78 is 32.1. The fraction of sp³-hybridized carbons (Fsp3) is 0.325. The first kappa shape index (κ1) is 38.1. The Balaban J connectivity index is 1.32. The summed E-state index contributed by atoms with van der Waals surface area (Å²) in [5.74, 6) is -0.218. The van der Waals surface area contributed by atoms with Crippen LogP contribution >= 0.6 is 11.6 Å². The van der Waals surface area contributed by atoms with Crippen molar-refractivity contribution in [1.82, 2.24) is 20.9 Å². The molecule has 4 aromatic rings. The molecule has 1 aliphatic rings. The molecule has 5 rings (SSSR count). The lowest BCUT2D eigenvalue weighted by molar-refractivity contribution is -0.132. The number of nitrogens with zero attached hydrogens (tertiary/aromatic N) is 1. The van der Waals surface area contributed by atoms with E-state index in [-0.39, 0.29) is 54.8 Å². The molecule has 12 heteroatoms. The summed E-state index contributed by atoms with van der Waals surface area (Å²) in [6.45, 7) is 6.52. The zero-order valence-corrected chi connectivity index (χ0v) is 30.4. The first-order valence-corrected chi connectivity index (χ1v) is 17.6. The highest BCUT2D eigenvalue weighted by molar-refractivity contribution is 6.30. The fourth-order valence-corrected chi connectivity index (χ4v) is 5.88. The van der Waals surface area contributed by atoms with E-state index in [1.807, 2.05) is 43.0 Å². The number of likely N-dealkylation sites (N-methyl/N-ethyl adjacent to an activating group) is 1. The standard InChI is InChI=1S/C40H44ClFN4O6/c1-25(2)33-24-51-35-14-6-5-13-32(35)39(48)43-21-27-9-7-10-28(17-27)22-46(4)34(20-38(47)45-33)40(49)44-26(3)23-50-36-16-15-30(42)19-37(36)52-31-12-8-11-29(41)18-31/h5-19,25-26,33-34H,20-24H2,1-4H3,(H,43,48)(H,44,49)(H,45,47)/t26-,33-,34+/m1/s1. The summed E-state index contributed by atoms with van der Waals surface area (Å²) in [6.07, 6.45) is -0.120. The van der Waals surface area contributed by atoms with Gasteiger partial charge in [0, 0.05) is 24.2 Å². The number of rotatable bonds is 8. The molecule has 3 atom stereocenters. The average molecular weight is 731 g/mol. The van der Waals surface area contributed by atoms with Crippen molar-refractivity contribution in [3.63, 3.8) is 0 Å². The van der Waals surface area contributed by atoms with E-state index in [4.69, 9.17) is 25.8 Å². The molecule has 0 aromatic heterocycles. The highest BCUT2D eigenvalue weighted by Gasteiger charge is 2.29. The van der Waals surface area contributed by atoms with Crippen LogP contribution in [-0.4, -0.2) is 61.0 Å². The van der Waals surface area contributed by atoms with Crippen molar-refractivity contribution in [2.45, 2.75) is 58.4 Å². The number of hydrogen-bond donors (Lipinski definition) is 3. The van der Waals surface area contributed by atoms with Gasteiger partial charge in [-0.15, -0.1) is 0 Å². The third kappa shape index (κ3) is 10.7. The largest absolute Gasteiger partial charge is 0.491 e. The molecule has 0 spiro atoms. The van der Waals surface area contributed by atoms with Gasteiger partial charge in [0.1, 0.15) is 30.5 Å². The van der Waals surface area contributed by atoms with Crippen LogP contribution in [0.2, 0.25) is 5.02 Å². The summed E-state index contributed by atoms with van der Waals surface area (Å²) in [7, 11) is 1.79. The van der Waals surface area contributed by atoms with Crippen molar-refractivity contribution in [2.75, 3.05) is 20.3 Å². The number of benzene rings is 4. The molecule has 0 fully saturated rings. The summed E-state index contributed by atoms with van der Waals surface area (Å²) >= 11 is 6.09. The maximum atomic E-state index is 14.2. The van der Waals surface area contributed by atoms with E-state index in [1.165, 1.54) is 18.2 Å². The van der Waals surface area contributed by atoms with Crippen molar-refractivity contribution in [1.29, 1.82) is 0 Å². The smallest absolute Gasteiger partial charge is 0.255 e. The van der Waals surface area contributed by atoms with Crippen LogP contribution in [0, 0.1) is 11.7 Å². The van der Waals surface area contributed by atoms with E-state index in [1.54, 1.807) is 62.5 Å². The number of hydrogen-bond acceptors (Lipinski definition) is 7. The second-order valence-electron chi connectivity index (χ2n) is 13.2. The number of para-hydroxylation sites is 1. The molecular weight excluding hydrogens is 687 g/mol. The van der Waals surface area contributed by atoms with Gasteiger partial charge in [-0.25, -0.2) is 4.39 Å².